The zero-order chi connectivity index (χ0) is 38.4. The second-order valence-corrected chi connectivity index (χ2v) is 30.7. The number of hydrogen-bond acceptors (Lipinski definition) is 8. The van der Waals surface area contributed by atoms with Gasteiger partial charge in [-0.25, -0.2) is 0 Å². The Labute approximate surface area is 317 Å². The van der Waals surface area contributed by atoms with Crippen LogP contribution in [-0.2, 0) is 44.2 Å². The third-order valence-corrected chi connectivity index (χ3v) is 21.4. The molecule has 2 bridgehead atoms. The second-order valence-electron chi connectivity index (χ2n) is 19.6. The number of benzene rings is 1. The van der Waals surface area contributed by atoms with Gasteiger partial charge >= 0.3 is 0 Å². The van der Waals surface area contributed by atoms with Crippen molar-refractivity contribution in [3.05, 3.63) is 35.9 Å². The van der Waals surface area contributed by atoms with Gasteiger partial charge in [0.05, 0.1) is 29.8 Å². The lowest BCUT2D eigenvalue weighted by atomic mass is 9.63. The molecule has 1 aliphatic heterocycles. The van der Waals surface area contributed by atoms with E-state index in [-0.39, 0.29) is 37.6 Å². The molecule has 7 atom stereocenters. The van der Waals surface area contributed by atoms with Crippen molar-refractivity contribution < 1.29 is 37.6 Å². The van der Waals surface area contributed by atoms with Crippen molar-refractivity contribution in [2.45, 2.75) is 173 Å². The van der Waals surface area contributed by atoms with Crippen LogP contribution in [0.2, 0.25) is 42.3 Å². The van der Waals surface area contributed by atoms with Crippen LogP contribution in [0.1, 0.15) is 100 Å². The fourth-order valence-electron chi connectivity index (χ4n) is 11.8. The molecule has 3 saturated carbocycles. The van der Waals surface area contributed by atoms with Crippen LogP contribution in [0.15, 0.2) is 30.3 Å². The highest BCUT2D eigenvalue weighted by Gasteiger charge is 2.84. The molecule has 4 aliphatic rings. The largest absolute Gasteiger partial charge is 0.415 e. The summed E-state index contributed by atoms with van der Waals surface area (Å²) < 4.78 is 48.0. The number of ether oxygens (including phenoxy) is 6. The first kappa shape index (κ1) is 42.2. The first-order chi connectivity index (χ1) is 24.2. The summed E-state index contributed by atoms with van der Waals surface area (Å²) in [5.41, 5.74) is -0.661. The molecule has 0 radical (unpaired) electrons. The summed E-state index contributed by atoms with van der Waals surface area (Å²) in [6.07, 6.45) is 3.88. The summed E-state index contributed by atoms with van der Waals surface area (Å²) in [6, 6.07) is 11.2. The smallest absolute Gasteiger partial charge is 0.200 e. The van der Waals surface area contributed by atoms with Crippen molar-refractivity contribution in [3.63, 3.8) is 0 Å². The van der Waals surface area contributed by atoms with Gasteiger partial charge in [0, 0.05) is 38.5 Å². The van der Waals surface area contributed by atoms with Crippen molar-refractivity contribution >= 4 is 22.7 Å². The molecule has 5 rings (SSSR count). The summed E-state index contributed by atoms with van der Waals surface area (Å²) >= 11 is 0. The van der Waals surface area contributed by atoms with Gasteiger partial charge in [-0.2, -0.15) is 0 Å². The Kier molecular flexibility index (Phi) is 12.6. The molecule has 52 heavy (non-hydrogen) atoms. The topological polar surface area (TPSA) is 81.7 Å². The van der Waals surface area contributed by atoms with Crippen molar-refractivity contribution in [1.82, 2.24) is 0 Å². The van der Waals surface area contributed by atoms with E-state index in [1.807, 2.05) is 44.2 Å². The van der Waals surface area contributed by atoms with Gasteiger partial charge in [-0.3, -0.25) is 0 Å². The van der Waals surface area contributed by atoms with Gasteiger partial charge in [-0.05, 0) is 81.6 Å². The van der Waals surface area contributed by atoms with E-state index in [1.54, 1.807) is 0 Å². The average Bonchev–Trinajstić information content (AvgIpc) is 3.62. The Balaban J connectivity index is 1.60. The molecular formula is C42H72O8Si2. The Hall–Kier alpha value is -0.956. The summed E-state index contributed by atoms with van der Waals surface area (Å²) in [4.78, 5) is 14.2. The number of rotatable bonds is 18. The van der Waals surface area contributed by atoms with Gasteiger partial charge in [0.25, 0.3) is 0 Å². The van der Waals surface area contributed by atoms with Crippen LogP contribution in [0.4, 0.5) is 0 Å². The summed E-state index contributed by atoms with van der Waals surface area (Å²) in [7, 11) is -3.66. The zero-order valence-electron chi connectivity index (χ0n) is 34.8. The molecule has 0 aromatic heterocycles. The standard InChI is InChI=1S/C42H72O8Si2/c1-30(2)52(31(3)4,32(5)6)48-27-40-21-20-35(42(40,26-43)47-29-45-25-33-17-15-14-16-18-33)41(37(40)46-28-44-23-24-51(11,12)13)22-19-34-36(41)49-39(9,10)50-38(34,7)8/h14-18,26,30-32,34-37H,19-25,27-29H2,1-13H3/t34-,35-,36-,37-,40-,41-,42+/m0/s1. The number of fused-ring (bicyclic) bond motifs is 5. The molecule has 0 unspecified atom stereocenters. The van der Waals surface area contributed by atoms with Crippen molar-refractivity contribution in [2.75, 3.05) is 26.8 Å². The average molecular weight is 761 g/mol. The predicted octanol–water partition coefficient (Wildman–Crippen LogP) is 9.74. The lowest BCUT2D eigenvalue weighted by Crippen LogP contribution is -2.62. The van der Waals surface area contributed by atoms with Crippen molar-refractivity contribution in [3.8, 4) is 0 Å². The lowest BCUT2D eigenvalue weighted by Gasteiger charge is -2.55. The lowest BCUT2D eigenvalue weighted by molar-refractivity contribution is -0.365. The SMILES string of the molecule is CC(C)[Si](OC[C@@]12CC[C@@H]([C@]3(CC[C@H]4[C@@H]3OC(C)(C)OC4(C)C)[C@H]1OCOCC[Si](C)(C)C)[C@@]2(C=O)OCOCc1ccccc1)(C(C)C)C(C)C. The first-order valence-electron chi connectivity index (χ1n) is 20.2. The van der Waals surface area contributed by atoms with E-state index in [0.29, 0.717) is 36.4 Å². The van der Waals surface area contributed by atoms with Crippen molar-refractivity contribution in [2.24, 2.45) is 22.7 Å². The second kappa shape index (κ2) is 15.5. The van der Waals surface area contributed by atoms with Gasteiger partial charge < -0.3 is 37.6 Å². The van der Waals surface area contributed by atoms with Crippen LogP contribution in [0.5, 0.6) is 0 Å². The van der Waals surface area contributed by atoms with Gasteiger partial charge in [-0.1, -0.05) is 91.5 Å². The van der Waals surface area contributed by atoms with E-state index in [4.69, 9.17) is 32.8 Å². The van der Waals surface area contributed by atoms with Crippen LogP contribution >= 0.6 is 0 Å². The third-order valence-electron chi connectivity index (χ3n) is 13.7. The minimum absolute atomic E-state index is 0.00242. The Morgan fingerprint density at radius 2 is 1.54 bits per heavy atom. The van der Waals surface area contributed by atoms with Gasteiger partial charge in [-0.15, -0.1) is 0 Å². The van der Waals surface area contributed by atoms with Gasteiger partial charge in [0.15, 0.2) is 20.4 Å². The molecule has 3 aliphatic carbocycles. The Bertz CT molecular complexity index is 1320. The van der Waals surface area contributed by atoms with Gasteiger partial charge in [0.2, 0.25) is 0 Å². The van der Waals surface area contributed by atoms with E-state index in [1.165, 1.54) is 0 Å². The summed E-state index contributed by atoms with van der Waals surface area (Å²) in [5, 5.41) is 0. The van der Waals surface area contributed by atoms with Crippen LogP contribution in [0.3, 0.4) is 0 Å². The molecule has 1 heterocycles. The van der Waals surface area contributed by atoms with Crippen LogP contribution in [0.25, 0.3) is 0 Å². The monoisotopic (exact) mass is 760 g/mol. The number of aldehydes is 1. The van der Waals surface area contributed by atoms with Crippen LogP contribution < -0.4 is 0 Å². The van der Waals surface area contributed by atoms with E-state index >= 15 is 0 Å². The van der Waals surface area contributed by atoms with Crippen LogP contribution in [-0.4, -0.2) is 78.7 Å². The van der Waals surface area contributed by atoms with E-state index in [2.05, 4.69) is 75.0 Å². The molecule has 0 amide bonds. The first-order valence-corrected chi connectivity index (χ1v) is 26.0. The normalized spacial score (nSPS) is 33.8. The van der Waals surface area contributed by atoms with E-state index in [0.717, 1.165) is 43.6 Å². The molecule has 1 saturated heterocycles. The Morgan fingerprint density at radius 3 is 2.13 bits per heavy atom. The molecule has 1 aromatic carbocycles. The maximum atomic E-state index is 14.2. The fraction of sp³-hybridized carbons (Fsp3) is 0.833. The highest BCUT2D eigenvalue weighted by molar-refractivity contribution is 6.77. The minimum atomic E-state index is -2.36. The fourth-order valence-corrected chi connectivity index (χ4v) is 18.0. The molecule has 1 aromatic rings. The van der Waals surface area contributed by atoms with E-state index in [9.17, 15) is 4.79 Å². The molecular weight excluding hydrogens is 689 g/mol. The molecule has 4 fully saturated rings. The van der Waals surface area contributed by atoms with Gasteiger partial charge in [0.1, 0.15) is 19.2 Å². The molecule has 0 N–H and O–H groups in total. The number of carbonyl (C=O) groups is 1. The molecule has 8 nitrogen and oxygen atoms in total. The summed E-state index contributed by atoms with van der Waals surface area (Å²) in [6.45, 7) is 31.1. The maximum Gasteiger partial charge on any atom is 0.200 e. The number of carbonyl (C=O) groups excluding carboxylic acids is 1. The predicted molar refractivity (Wildman–Crippen MR) is 211 cm³/mol. The highest BCUT2D eigenvalue weighted by atomic mass is 28.4. The number of hydrogen-bond donors (Lipinski definition) is 0. The molecule has 10 heteroatoms. The minimum Gasteiger partial charge on any atom is -0.415 e. The Morgan fingerprint density at radius 1 is 0.885 bits per heavy atom. The maximum absolute atomic E-state index is 14.2. The van der Waals surface area contributed by atoms with Crippen LogP contribution in [0, 0.1) is 22.7 Å². The third kappa shape index (κ3) is 7.36. The molecule has 1 spiro atoms. The highest BCUT2D eigenvalue weighted by Crippen LogP contribution is 2.76. The molecule has 296 valence electrons. The summed E-state index contributed by atoms with van der Waals surface area (Å²) in [5.74, 6) is -0.822. The quantitative estimate of drug-likeness (QED) is 0.0634. The zero-order valence-corrected chi connectivity index (χ0v) is 36.8. The van der Waals surface area contributed by atoms with Crippen molar-refractivity contribution in [1.29, 1.82) is 0 Å². The van der Waals surface area contributed by atoms with E-state index < -0.39 is 44.2 Å².